The Morgan fingerprint density at radius 1 is 1.20 bits per heavy atom. The van der Waals surface area contributed by atoms with Gasteiger partial charge in [-0.2, -0.15) is 10.2 Å². The third-order valence-electron chi connectivity index (χ3n) is 7.71. The first-order valence-corrected chi connectivity index (χ1v) is 14.5. The van der Waals surface area contributed by atoms with Crippen LogP contribution in [-0.2, 0) is 31.2 Å². The van der Waals surface area contributed by atoms with E-state index in [4.69, 9.17) is 4.98 Å². The number of hydrogen-bond acceptors (Lipinski definition) is 9. The highest BCUT2D eigenvalue weighted by molar-refractivity contribution is 5.87. The largest absolute Gasteiger partial charge is 0.480 e. The topological polar surface area (TPSA) is 139 Å². The molecule has 0 saturated heterocycles. The van der Waals surface area contributed by atoms with Crippen LogP contribution in [-0.4, -0.2) is 82.7 Å². The monoisotopic (exact) mass is 560 g/mol. The Morgan fingerprint density at radius 2 is 2.07 bits per heavy atom. The van der Waals surface area contributed by atoms with Gasteiger partial charge in [-0.15, -0.1) is 0 Å². The van der Waals surface area contributed by atoms with Crippen LogP contribution in [0.25, 0.3) is 11.0 Å². The van der Waals surface area contributed by atoms with Gasteiger partial charge in [0.15, 0.2) is 5.82 Å². The zero-order valence-corrected chi connectivity index (χ0v) is 24.2. The van der Waals surface area contributed by atoms with Crippen LogP contribution in [0.4, 0.5) is 11.6 Å². The van der Waals surface area contributed by atoms with Crippen LogP contribution in [0.5, 0.6) is 0 Å². The molecule has 218 valence electrons. The molecular formula is C29H40N10O2. The highest BCUT2D eigenvalue weighted by Gasteiger charge is 2.22. The number of unbranched alkanes of at least 4 members (excludes halogenated alkanes) is 1. The first-order valence-electron chi connectivity index (χ1n) is 14.5. The summed E-state index contributed by atoms with van der Waals surface area (Å²) in [5.41, 5.74) is 5.92. The fourth-order valence-corrected chi connectivity index (χ4v) is 5.47. The maximum atomic E-state index is 12.2. The van der Waals surface area contributed by atoms with E-state index in [0.29, 0.717) is 29.8 Å². The van der Waals surface area contributed by atoms with Crippen molar-refractivity contribution in [3.63, 3.8) is 0 Å². The minimum Gasteiger partial charge on any atom is -0.480 e. The second-order valence-corrected chi connectivity index (χ2v) is 10.8. The molecule has 0 radical (unpaired) electrons. The Bertz CT molecular complexity index is 1480. The van der Waals surface area contributed by atoms with Gasteiger partial charge in [0.25, 0.3) is 0 Å². The predicted molar refractivity (Wildman–Crippen MR) is 158 cm³/mol. The average molecular weight is 561 g/mol. The van der Waals surface area contributed by atoms with Gasteiger partial charge in [0.05, 0.1) is 18.4 Å². The molecule has 0 bridgehead atoms. The molecule has 0 amide bonds. The second-order valence-electron chi connectivity index (χ2n) is 10.8. The van der Waals surface area contributed by atoms with Crippen molar-refractivity contribution in [3.05, 3.63) is 53.4 Å². The summed E-state index contributed by atoms with van der Waals surface area (Å²) in [6, 6.07) is 5.64. The number of pyridine rings is 1. The summed E-state index contributed by atoms with van der Waals surface area (Å²) in [5, 5.41) is 25.4. The Morgan fingerprint density at radius 3 is 2.88 bits per heavy atom. The Hall–Kier alpha value is -4.06. The molecule has 41 heavy (non-hydrogen) atoms. The van der Waals surface area contributed by atoms with Crippen LogP contribution in [0.2, 0.25) is 0 Å². The summed E-state index contributed by atoms with van der Waals surface area (Å²) >= 11 is 0. The summed E-state index contributed by atoms with van der Waals surface area (Å²) in [6.45, 7) is 8.10. The van der Waals surface area contributed by atoms with Crippen LogP contribution >= 0.6 is 0 Å². The fraction of sp³-hybridized carbons (Fsp3) is 0.517. The summed E-state index contributed by atoms with van der Waals surface area (Å²) in [6.07, 6.45) is 8.69. The van der Waals surface area contributed by atoms with Gasteiger partial charge in [0, 0.05) is 38.1 Å². The molecule has 1 aliphatic rings. The summed E-state index contributed by atoms with van der Waals surface area (Å²) < 4.78 is 3.68. The van der Waals surface area contributed by atoms with Crippen LogP contribution in [0, 0.1) is 13.8 Å². The minimum atomic E-state index is -0.912. The van der Waals surface area contributed by atoms with E-state index in [-0.39, 0.29) is 0 Å². The molecule has 12 nitrogen and oxygen atoms in total. The Balaban J connectivity index is 1.20. The van der Waals surface area contributed by atoms with Gasteiger partial charge in [0.2, 0.25) is 0 Å². The van der Waals surface area contributed by atoms with Crippen LogP contribution in [0.3, 0.4) is 0 Å². The van der Waals surface area contributed by atoms with E-state index in [9.17, 15) is 9.90 Å². The highest BCUT2D eigenvalue weighted by atomic mass is 16.4. The fourth-order valence-electron chi connectivity index (χ4n) is 5.47. The van der Waals surface area contributed by atoms with Crippen molar-refractivity contribution in [3.8, 4) is 0 Å². The van der Waals surface area contributed by atoms with Gasteiger partial charge in [-0.05, 0) is 76.6 Å². The molecule has 1 atom stereocenters. The molecule has 5 rings (SSSR count). The summed E-state index contributed by atoms with van der Waals surface area (Å²) in [5.74, 6) is 0.604. The molecule has 0 spiro atoms. The molecule has 12 heteroatoms. The standard InChI is InChI=1S/C29H40N10O2/c1-20-17-21(2)39(36-20)16-15-38(13-5-4-8-23-10-9-22-7-6-12-30-27(22)34-23)14-11-24(29(40)41)35-28-26-25(31-19-32-28)18-33-37(26)3/h9-10,17-19,24H,4-8,11-16H2,1-3H3,(H,30,34)(H,40,41)(H,31,32,35). The number of fused-ring (bicyclic) bond motifs is 2. The first-order chi connectivity index (χ1) is 19.9. The van der Waals surface area contributed by atoms with Crippen molar-refractivity contribution >= 4 is 28.6 Å². The number of carboxylic acids is 1. The number of aryl methyl sites for hydroxylation is 5. The maximum Gasteiger partial charge on any atom is 0.326 e. The van der Waals surface area contributed by atoms with Crippen molar-refractivity contribution < 1.29 is 9.90 Å². The van der Waals surface area contributed by atoms with E-state index in [1.54, 1.807) is 17.9 Å². The normalized spacial score (nSPS) is 13.8. The van der Waals surface area contributed by atoms with E-state index >= 15 is 0 Å². The molecule has 0 saturated carbocycles. The van der Waals surface area contributed by atoms with Crippen molar-refractivity contribution in [2.75, 3.05) is 36.8 Å². The highest BCUT2D eigenvalue weighted by Crippen LogP contribution is 2.21. The number of carboxylic acid groups (broad SMARTS) is 1. The van der Waals surface area contributed by atoms with E-state index < -0.39 is 12.0 Å². The molecule has 4 aromatic heterocycles. The number of carbonyl (C=O) groups is 1. The number of anilines is 2. The van der Waals surface area contributed by atoms with Crippen molar-refractivity contribution in [2.24, 2.45) is 7.05 Å². The maximum absolute atomic E-state index is 12.2. The van der Waals surface area contributed by atoms with E-state index in [0.717, 1.165) is 81.2 Å². The SMILES string of the molecule is Cc1cc(C)n(CCN(CCCCc2ccc3c(n2)NCCC3)CCC(Nc2ncnc3cnn(C)c23)C(=O)O)n1. The quantitative estimate of drug-likeness (QED) is 0.197. The second kappa shape index (κ2) is 13.1. The van der Waals surface area contributed by atoms with Gasteiger partial charge in [0.1, 0.15) is 29.2 Å². The Labute approximate surface area is 240 Å². The van der Waals surface area contributed by atoms with Crippen LogP contribution in [0.1, 0.15) is 48.3 Å². The number of hydrogen-bond donors (Lipinski definition) is 3. The van der Waals surface area contributed by atoms with E-state index in [1.165, 1.54) is 11.9 Å². The van der Waals surface area contributed by atoms with Gasteiger partial charge in [-0.25, -0.2) is 19.7 Å². The number of aliphatic carboxylic acids is 1. The molecule has 4 aromatic rings. The van der Waals surface area contributed by atoms with Gasteiger partial charge >= 0.3 is 5.97 Å². The number of nitrogens with one attached hydrogen (secondary N) is 2. The third-order valence-corrected chi connectivity index (χ3v) is 7.71. The van der Waals surface area contributed by atoms with Gasteiger partial charge in [-0.3, -0.25) is 9.36 Å². The average Bonchev–Trinajstić information content (AvgIpc) is 3.51. The third kappa shape index (κ3) is 7.18. The molecule has 1 aliphatic heterocycles. The lowest BCUT2D eigenvalue weighted by molar-refractivity contribution is -0.138. The number of rotatable bonds is 14. The van der Waals surface area contributed by atoms with E-state index in [1.807, 2.05) is 11.6 Å². The lowest BCUT2D eigenvalue weighted by Crippen LogP contribution is -2.37. The number of aromatic nitrogens is 7. The predicted octanol–water partition coefficient (Wildman–Crippen LogP) is 3.21. The molecule has 0 fully saturated rings. The molecule has 5 heterocycles. The molecule has 3 N–H and O–H groups in total. The van der Waals surface area contributed by atoms with Gasteiger partial charge in [-0.1, -0.05) is 6.07 Å². The Kier molecular flexibility index (Phi) is 9.07. The van der Waals surface area contributed by atoms with Crippen molar-refractivity contribution in [1.82, 2.24) is 39.4 Å². The number of nitrogens with zero attached hydrogens (tertiary/aromatic N) is 8. The van der Waals surface area contributed by atoms with Crippen molar-refractivity contribution in [2.45, 2.75) is 65.0 Å². The van der Waals surface area contributed by atoms with Crippen LogP contribution < -0.4 is 10.6 Å². The first kappa shape index (κ1) is 28.5. The van der Waals surface area contributed by atoms with Crippen molar-refractivity contribution in [1.29, 1.82) is 0 Å². The minimum absolute atomic E-state index is 0.424. The lowest BCUT2D eigenvalue weighted by Gasteiger charge is -2.25. The van der Waals surface area contributed by atoms with E-state index in [2.05, 4.69) is 60.8 Å². The molecule has 0 aliphatic carbocycles. The lowest BCUT2D eigenvalue weighted by atomic mass is 10.1. The smallest absolute Gasteiger partial charge is 0.326 e. The molecular weight excluding hydrogens is 520 g/mol. The molecule has 0 aromatic carbocycles. The van der Waals surface area contributed by atoms with Crippen LogP contribution in [0.15, 0.2) is 30.7 Å². The summed E-state index contributed by atoms with van der Waals surface area (Å²) in [7, 11) is 1.80. The summed E-state index contributed by atoms with van der Waals surface area (Å²) in [4.78, 5) is 28.0. The zero-order chi connectivity index (χ0) is 28.8. The molecule has 1 unspecified atom stereocenters. The zero-order valence-electron chi connectivity index (χ0n) is 24.2. The van der Waals surface area contributed by atoms with Gasteiger partial charge < -0.3 is 20.6 Å².